The van der Waals surface area contributed by atoms with Gasteiger partial charge in [-0.3, -0.25) is 4.79 Å². The summed E-state index contributed by atoms with van der Waals surface area (Å²) < 4.78 is 20.9. The van der Waals surface area contributed by atoms with E-state index in [2.05, 4.69) is 36.8 Å². The van der Waals surface area contributed by atoms with Crippen LogP contribution in [-0.2, 0) is 0 Å². The maximum Gasteiger partial charge on any atom is 0.258 e. The summed E-state index contributed by atoms with van der Waals surface area (Å²) >= 11 is 0. The highest BCUT2D eigenvalue weighted by molar-refractivity contribution is 6.05. The van der Waals surface area contributed by atoms with Crippen molar-refractivity contribution in [1.82, 2.24) is 4.90 Å². The molecule has 2 heterocycles. The SMILES string of the molecule is CCCCOc1ccc(C(=O)N(C)c2ccc(N3CCC4CN(C(C)C)C=C43)c(F)c2)cc1. The van der Waals surface area contributed by atoms with Crippen LogP contribution in [0.25, 0.3) is 0 Å². The van der Waals surface area contributed by atoms with Crippen molar-refractivity contribution in [3.63, 3.8) is 0 Å². The number of hydrogen-bond donors (Lipinski definition) is 0. The van der Waals surface area contributed by atoms with Crippen molar-refractivity contribution in [1.29, 1.82) is 0 Å². The minimum Gasteiger partial charge on any atom is -0.494 e. The highest BCUT2D eigenvalue weighted by atomic mass is 19.1. The molecule has 2 aliphatic heterocycles. The molecule has 1 unspecified atom stereocenters. The standard InChI is InChI=1S/C27H34FN3O2/c1-5-6-15-33-23-10-7-20(8-11-23)27(32)29(4)22-9-12-25(24(28)16-22)31-14-13-21-17-30(19(2)3)18-26(21)31/h7-12,16,18-19,21H,5-6,13-15,17H2,1-4H3. The second-order valence-corrected chi connectivity index (χ2v) is 9.21. The number of anilines is 2. The van der Waals surface area contributed by atoms with E-state index in [1.807, 2.05) is 6.07 Å². The molecule has 1 amide bonds. The lowest BCUT2D eigenvalue weighted by molar-refractivity contribution is 0.0993. The second kappa shape index (κ2) is 9.86. The largest absolute Gasteiger partial charge is 0.494 e. The molecule has 2 aliphatic rings. The van der Waals surface area contributed by atoms with E-state index in [0.29, 0.717) is 35.5 Å². The van der Waals surface area contributed by atoms with Crippen LogP contribution in [0.3, 0.4) is 0 Å². The molecule has 176 valence electrons. The van der Waals surface area contributed by atoms with E-state index in [-0.39, 0.29) is 11.7 Å². The highest BCUT2D eigenvalue weighted by Crippen LogP contribution is 2.39. The van der Waals surface area contributed by atoms with Crippen LogP contribution in [0.4, 0.5) is 15.8 Å². The van der Waals surface area contributed by atoms with Crippen molar-refractivity contribution in [2.24, 2.45) is 5.92 Å². The Balaban J connectivity index is 1.46. The number of nitrogens with zero attached hydrogens (tertiary/aromatic N) is 3. The van der Waals surface area contributed by atoms with Gasteiger partial charge in [0.1, 0.15) is 11.6 Å². The average Bonchev–Trinajstić information content (AvgIpc) is 3.40. The Morgan fingerprint density at radius 2 is 1.97 bits per heavy atom. The monoisotopic (exact) mass is 451 g/mol. The molecule has 1 fully saturated rings. The molecular weight excluding hydrogens is 417 g/mol. The van der Waals surface area contributed by atoms with Crippen molar-refractivity contribution < 1.29 is 13.9 Å². The van der Waals surface area contributed by atoms with Gasteiger partial charge in [-0.15, -0.1) is 0 Å². The first-order valence-electron chi connectivity index (χ1n) is 11.9. The van der Waals surface area contributed by atoms with E-state index < -0.39 is 0 Å². The predicted octanol–water partition coefficient (Wildman–Crippen LogP) is 5.67. The van der Waals surface area contributed by atoms with E-state index in [0.717, 1.165) is 38.1 Å². The number of rotatable bonds is 8. The van der Waals surface area contributed by atoms with Gasteiger partial charge in [0.15, 0.2) is 0 Å². The topological polar surface area (TPSA) is 36.0 Å². The highest BCUT2D eigenvalue weighted by Gasteiger charge is 2.36. The number of ether oxygens (including phenoxy) is 1. The molecule has 1 atom stereocenters. The number of hydrogen-bond acceptors (Lipinski definition) is 4. The number of fused-ring (bicyclic) bond motifs is 1. The van der Waals surface area contributed by atoms with Gasteiger partial charge in [-0.25, -0.2) is 4.39 Å². The van der Waals surface area contributed by atoms with Crippen LogP contribution < -0.4 is 14.5 Å². The van der Waals surface area contributed by atoms with Gasteiger partial charge in [0.05, 0.1) is 12.3 Å². The molecule has 0 saturated carbocycles. The first-order valence-corrected chi connectivity index (χ1v) is 11.9. The van der Waals surface area contributed by atoms with Crippen molar-refractivity contribution >= 4 is 17.3 Å². The number of carbonyl (C=O) groups is 1. The molecule has 2 aromatic rings. The molecule has 0 spiro atoms. The maximum absolute atomic E-state index is 15.2. The fraction of sp³-hybridized carbons (Fsp3) is 0.444. The fourth-order valence-electron chi connectivity index (χ4n) is 4.50. The van der Waals surface area contributed by atoms with Gasteiger partial charge in [-0.05, 0) is 69.2 Å². The van der Waals surface area contributed by atoms with E-state index in [4.69, 9.17) is 4.74 Å². The van der Waals surface area contributed by atoms with Gasteiger partial charge >= 0.3 is 0 Å². The number of unbranched alkanes of at least 4 members (excludes halogenated alkanes) is 1. The lowest BCUT2D eigenvalue weighted by atomic mass is 10.1. The summed E-state index contributed by atoms with van der Waals surface area (Å²) in [6.07, 6.45) is 5.28. The maximum atomic E-state index is 15.2. The number of halogens is 1. The molecule has 2 aromatic carbocycles. The lowest BCUT2D eigenvalue weighted by Crippen LogP contribution is -2.26. The first-order chi connectivity index (χ1) is 15.9. The van der Waals surface area contributed by atoms with Crippen molar-refractivity contribution in [3.05, 3.63) is 65.7 Å². The van der Waals surface area contributed by atoms with E-state index >= 15 is 4.39 Å². The molecule has 33 heavy (non-hydrogen) atoms. The molecule has 6 heteroatoms. The third-order valence-electron chi connectivity index (χ3n) is 6.61. The molecular formula is C27H34FN3O2. The van der Waals surface area contributed by atoms with Crippen LogP contribution >= 0.6 is 0 Å². The van der Waals surface area contributed by atoms with Gasteiger partial charge in [0.25, 0.3) is 5.91 Å². The second-order valence-electron chi connectivity index (χ2n) is 9.21. The quantitative estimate of drug-likeness (QED) is 0.484. The molecule has 1 saturated heterocycles. The molecule has 0 N–H and O–H groups in total. The van der Waals surface area contributed by atoms with Crippen LogP contribution in [0.15, 0.2) is 54.4 Å². The summed E-state index contributed by atoms with van der Waals surface area (Å²) in [4.78, 5) is 18.9. The van der Waals surface area contributed by atoms with Crippen molar-refractivity contribution in [3.8, 4) is 5.75 Å². The normalized spacial score (nSPS) is 17.4. The molecule has 0 aromatic heterocycles. The average molecular weight is 452 g/mol. The number of benzene rings is 2. The van der Waals surface area contributed by atoms with E-state index in [1.54, 1.807) is 37.4 Å². The zero-order valence-corrected chi connectivity index (χ0v) is 20.1. The molecule has 0 bridgehead atoms. The van der Waals surface area contributed by atoms with Crippen LogP contribution in [0.5, 0.6) is 5.75 Å². The Labute approximate surface area is 196 Å². The zero-order chi connectivity index (χ0) is 23.5. The Kier molecular flexibility index (Phi) is 6.91. The Morgan fingerprint density at radius 3 is 2.64 bits per heavy atom. The van der Waals surface area contributed by atoms with Crippen LogP contribution in [0.1, 0.15) is 50.4 Å². The smallest absolute Gasteiger partial charge is 0.258 e. The lowest BCUT2D eigenvalue weighted by Gasteiger charge is -2.24. The third kappa shape index (κ3) is 4.85. The van der Waals surface area contributed by atoms with Gasteiger partial charge in [-0.1, -0.05) is 13.3 Å². The summed E-state index contributed by atoms with van der Waals surface area (Å²) in [6.45, 7) is 8.96. The summed E-state index contributed by atoms with van der Waals surface area (Å²) in [6, 6.07) is 12.6. The van der Waals surface area contributed by atoms with Crippen LogP contribution in [0, 0.1) is 11.7 Å². The number of carbonyl (C=O) groups excluding carboxylic acids is 1. The summed E-state index contributed by atoms with van der Waals surface area (Å²) in [7, 11) is 1.67. The minimum absolute atomic E-state index is 0.186. The van der Waals surface area contributed by atoms with Gasteiger partial charge in [0, 0.05) is 55.2 Å². The predicted molar refractivity (Wildman–Crippen MR) is 131 cm³/mol. The molecule has 5 nitrogen and oxygen atoms in total. The van der Waals surface area contributed by atoms with Crippen molar-refractivity contribution in [2.75, 3.05) is 36.5 Å². The zero-order valence-electron chi connectivity index (χ0n) is 20.1. The molecule has 0 aliphatic carbocycles. The molecule has 4 rings (SSSR count). The van der Waals surface area contributed by atoms with Crippen LogP contribution in [-0.4, -0.2) is 43.6 Å². The van der Waals surface area contributed by atoms with E-state index in [9.17, 15) is 4.79 Å². The Bertz CT molecular complexity index is 1020. The van der Waals surface area contributed by atoms with Crippen molar-refractivity contribution in [2.45, 2.75) is 46.1 Å². The fourth-order valence-corrected chi connectivity index (χ4v) is 4.50. The Morgan fingerprint density at radius 1 is 1.21 bits per heavy atom. The third-order valence-corrected chi connectivity index (χ3v) is 6.61. The first kappa shape index (κ1) is 23.1. The Hall–Kier alpha value is -3.02. The van der Waals surface area contributed by atoms with E-state index in [1.165, 1.54) is 16.7 Å². The molecule has 0 radical (unpaired) electrons. The van der Waals surface area contributed by atoms with Crippen LogP contribution in [0.2, 0.25) is 0 Å². The van der Waals surface area contributed by atoms with Gasteiger partial charge in [0.2, 0.25) is 0 Å². The van der Waals surface area contributed by atoms with Gasteiger partial charge < -0.3 is 19.4 Å². The summed E-state index contributed by atoms with van der Waals surface area (Å²) in [5.74, 6) is 0.717. The summed E-state index contributed by atoms with van der Waals surface area (Å²) in [5, 5.41) is 0. The minimum atomic E-state index is -0.309. The number of amides is 1. The van der Waals surface area contributed by atoms with Gasteiger partial charge in [-0.2, -0.15) is 0 Å². The summed E-state index contributed by atoms with van der Waals surface area (Å²) in [5.41, 5.74) is 2.84.